The summed E-state index contributed by atoms with van der Waals surface area (Å²) in [5, 5.41) is 13.0. The maximum atomic E-state index is 12.8. The quantitative estimate of drug-likeness (QED) is 0.871. The Balaban J connectivity index is 1.58. The van der Waals surface area contributed by atoms with Crippen LogP contribution in [0.15, 0.2) is 28.9 Å². The van der Waals surface area contributed by atoms with Crippen molar-refractivity contribution < 1.29 is 24.0 Å². The number of carbonyl (C=O) groups excluding carboxylic acids is 1. The van der Waals surface area contributed by atoms with Crippen LogP contribution in [0.2, 0.25) is 0 Å². The van der Waals surface area contributed by atoms with Crippen molar-refractivity contribution in [3.63, 3.8) is 0 Å². The molecule has 1 aromatic heterocycles. The minimum atomic E-state index is -0.778. The number of carboxylic acid groups (broad SMARTS) is 1. The van der Waals surface area contributed by atoms with Crippen molar-refractivity contribution in [2.24, 2.45) is 0 Å². The molecule has 1 atom stereocenters. The van der Waals surface area contributed by atoms with Crippen molar-refractivity contribution in [2.75, 3.05) is 20.2 Å². The summed E-state index contributed by atoms with van der Waals surface area (Å²) in [7, 11) is 1.64. The second kappa shape index (κ2) is 6.96. The van der Waals surface area contributed by atoms with Gasteiger partial charge in [0, 0.05) is 13.1 Å². The van der Waals surface area contributed by atoms with Crippen LogP contribution in [0.1, 0.15) is 58.8 Å². The Morgan fingerprint density at radius 2 is 2.11 bits per heavy atom. The van der Waals surface area contributed by atoms with Gasteiger partial charge in [0.15, 0.2) is 0 Å². The van der Waals surface area contributed by atoms with Crippen LogP contribution in [-0.4, -0.2) is 47.2 Å². The molecule has 2 aliphatic rings. The van der Waals surface area contributed by atoms with Crippen LogP contribution in [0.4, 0.5) is 0 Å². The van der Waals surface area contributed by atoms with E-state index < -0.39 is 5.97 Å². The molecular formula is C21H24N2O5. The zero-order chi connectivity index (χ0) is 19.9. The van der Waals surface area contributed by atoms with Gasteiger partial charge in [-0.05, 0) is 60.8 Å². The molecule has 1 spiro atoms. The first-order valence-corrected chi connectivity index (χ1v) is 9.54. The smallest absolute Gasteiger partial charge is 0.303 e. The predicted octanol–water partition coefficient (Wildman–Crippen LogP) is 3.13. The minimum absolute atomic E-state index is 0.000904. The van der Waals surface area contributed by atoms with Crippen molar-refractivity contribution >= 4 is 11.9 Å². The second-order valence-corrected chi connectivity index (χ2v) is 7.82. The lowest BCUT2D eigenvalue weighted by molar-refractivity contribution is -0.137. The molecule has 28 heavy (non-hydrogen) atoms. The molecule has 2 aromatic rings. The maximum absolute atomic E-state index is 12.8. The van der Waals surface area contributed by atoms with Crippen molar-refractivity contribution in [3.05, 3.63) is 46.8 Å². The Morgan fingerprint density at radius 3 is 2.71 bits per heavy atom. The summed E-state index contributed by atoms with van der Waals surface area (Å²) in [6, 6.07) is 5.97. The molecule has 7 heteroatoms. The standard InChI is InChI=1S/C21H24N2O5/c1-13-17(12-22-28-13)20(26)23-7-5-21(6-8-23)11-14(9-19(24)25)16-4-3-15(27-2)10-18(16)21/h3-4,10,12,14H,5-9,11H2,1-2H3,(H,24,25)/t14-/m1/s1. The highest BCUT2D eigenvalue weighted by Gasteiger charge is 2.46. The molecule has 2 heterocycles. The summed E-state index contributed by atoms with van der Waals surface area (Å²) in [6.07, 6.45) is 4.01. The van der Waals surface area contributed by atoms with Gasteiger partial charge in [-0.1, -0.05) is 11.2 Å². The molecule has 4 rings (SSSR count). The van der Waals surface area contributed by atoms with E-state index in [0.717, 1.165) is 30.6 Å². The number of benzene rings is 1. The Labute approximate surface area is 163 Å². The number of piperidine rings is 1. The number of aryl methyl sites for hydroxylation is 1. The highest BCUT2D eigenvalue weighted by atomic mass is 16.5. The average Bonchev–Trinajstić information content (AvgIpc) is 3.23. The number of likely N-dealkylation sites (tertiary alicyclic amines) is 1. The number of carbonyl (C=O) groups is 2. The lowest BCUT2D eigenvalue weighted by Gasteiger charge is -2.40. The van der Waals surface area contributed by atoms with E-state index in [1.807, 2.05) is 17.0 Å². The lowest BCUT2D eigenvalue weighted by Crippen LogP contribution is -2.44. The van der Waals surface area contributed by atoms with Crippen LogP contribution in [0, 0.1) is 6.92 Å². The minimum Gasteiger partial charge on any atom is -0.497 e. The number of nitrogens with zero attached hydrogens (tertiary/aromatic N) is 2. The van der Waals surface area contributed by atoms with E-state index in [9.17, 15) is 14.7 Å². The normalized spacial score (nSPS) is 20.2. The van der Waals surface area contributed by atoms with E-state index in [1.165, 1.54) is 11.8 Å². The number of carboxylic acids is 1. The van der Waals surface area contributed by atoms with Crippen molar-refractivity contribution in [2.45, 2.75) is 43.9 Å². The number of hydrogen-bond donors (Lipinski definition) is 1. The number of methoxy groups -OCH3 is 1. The summed E-state index contributed by atoms with van der Waals surface area (Å²) < 4.78 is 10.4. The van der Waals surface area contributed by atoms with E-state index in [0.29, 0.717) is 24.4 Å². The lowest BCUT2D eigenvalue weighted by atomic mass is 9.73. The third kappa shape index (κ3) is 3.04. The van der Waals surface area contributed by atoms with Crippen molar-refractivity contribution in [3.8, 4) is 5.75 Å². The van der Waals surface area contributed by atoms with E-state index in [-0.39, 0.29) is 23.7 Å². The summed E-state index contributed by atoms with van der Waals surface area (Å²) in [6.45, 7) is 2.99. The van der Waals surface area contributed by atoms with Crippen LogP contribution in [-0.2, 0) is 10.2 Å². The Morgan fingerprint density at radius 1 is 1.36 bits per heavy atom. The molecule has 1 saturated heterocycles. The Bertz CT molecular complexity index is 911. The molecule has 1 aliphatic carbocycles. The molecule has 7 nitrogen and oxygen atoms in total. The number of hydrogen-bond acceptors (Lipinski definition) is 5. The van der Waals surface area contributed by atoms with Gasteiger partial charge < -0.3 is 19.3 Å². The third-order valence-electron chi connectivity index (χ3n) is 6.32. The van der Waals surface area contributed by atoms with E-state index >= 15 is 0 Å². The maximum Gasteiger partial charge on any atom is 0.303 e. The van der Waals surface area contributed by atoms with Crippen LogP contribution < -0.4 is 4.74 Å². The molecule has 1 aromatic carbocycles. The Kier molecular flexibility index (Phi) is 4.61. The average molecular weight is 384 g/mol. The van der Waals surface area contributed by atoms with Crippen molar-refractivity contribution in [1.29, 1.82) is 0 Å². The highest BCUT2D eigenvalue weighted by molar-refractivity contribution is 5.94. The first-order valence-electron chi connectivity index (χ1n) is 9.54. The van der Waals surface area contributed by atoms with Gasteiger partial charge in [-0.2, -0.15) is 0 Å². The van der Waals surface area contributed by atoms with E-state index in [1.54, 1.807) is 14.0 Å². The second-order valence-electron chi connectivity index (χ2n) is 7.82. The van der Waals surface area contributed by atoms with Crippen LogP contribution >= 0.6 is 0 Å². The SMILES string of the molecule is COc1ccc2c(c1)C1(CCN(C(=O)c3cnoc3C)CC1)C[C@H]2CC(=O)O. The summed E-state index contributed by atoms with van der Waals surface area (Å²) in [4.78, 5) is 26.0. The Hall–Kier alpha value is -2.83. The molecule has 0 bridgehead atoms. The summed E-state index contributed by atoms with van der Waals surface area (Å²) >= 11 is 0. The fraction of sp³-hybridized carbons (Fsp3) is 0.476. The van der Waals surface area contributed by atoms with Gasteiger partial charge in [-0.15, -0.1) is 0 Å². The highest BCUT2D eigenvalue weighted by Crippen LogP contribution is 2.53. The first-order chi connectivity index (χ1) is 13.4. The van der Waals surface area contributed by atoms with Crippen molar-refractivity contribution in [1.82, 2.24) is 10.1 Å². The molecule has 1 amide bonds. The molecule has 0 unspecified atom stereocenters. The predicted molar refractivity (Wildman–Crippen MR) is 101 cm³/mol. The van der Waals surface area contributed by atoms with Gasteiger partial charge in [0.2, 0.25) is 0 Å². The van der Waals surface area contributed by atoms with Crippen LogP contribution in [0.5, 0.6) is 5.75 Å². The largest absolute Gasteiger partial charge is 0.497 e. The first kappa shape index (κ1) is 18.5. The number of rotatable bonds is 4. The number of aromatic nitrogens is 1. The van der Waals surface area contributed by atoms with Gasteiger partial charge in [0.05, 0.1) is 19.7 Å². The topological polar surface area (TPSA) is 92.9 Å². The van der Waals surface area contributed by atoms with Crippen LogP contribution in [0.3, 0.4) is 0 Å². The van der Waals surface area contributed by atoms with E-state index in [2.05, 4.69) is 11.2 Å². The number of aliphatic carboxylic acids is 1. The third-order valence-corrected chi connectivity index (χ3v) is 6.32. The van der Waals surface area contributed by atoms with E-state index in [4.69, 9.17) is 9.26 Å². The molecule has 0 saturated carbocycles. The molecule has 148 valence electrons. The summed E-state index contributed by atoms with van der Waals surface area (Å²) in [5.41, 5.74) is 2.70. The van der Waals surface area contributed by atoms with Gasteiger partial charge in [0.25, 0.3) is 5.91 Å². The zero-order valence-corrected chi connectivity index (χ0v) is 16.1. The number of ether oxygens (including phenoxy) is 1. The summed E-state index contributed by atoms with van der Waals surface area (Å²) in [5.74, 6) is 0.482. The molecule has 1 aliphatic heterocycles. The number of amides is 1. The van der Waals surface area contributed by atoms with Gasteiger partial charge in [-0.25, -0.2) is 0 Å². The fourth-order valence-corrected chi connectivity index (χ4v) is 4.85. The van der Waals surface area contributed by atoms with Gasteiger partial charge in [-0.3, -0.25) is 9.59 Å². The van der Waals surface area contributed by atoms with Gasteiger partial charge >= 0.3 is 5.97 Å². The fourth-order valence-electron chi connectivity index (χ4n) is 4.85. The molecule has 1 N–H and O–H groups in total. The molecule has 0 radical (unpaired) electrons. The van der Waals surface area contributed by atoms with Crippen LogP contribution in [0.25, 0.3) is 0 Å². The monoisotopic (exact) mass is 384 g/mol. The van der Waals surface area contributed by atoms with Gasteiger partial charge in [0.1, 0.15) is 17.1 Å². The molecule has 1 fully saturated rings. The molecular weight excluding hydrogens is 360 g/mol. The number of fused-ring (bicyclic) bond motifs is 2. The zero-order valence-electron chi connectivity index (χ0n) is 16.1.